The minimum atomic E-state index is -0.275. The normalized spacial score (nSPS) is 11.2. The zero-order valence-electron chi connectivity index (χ0n) is 17.1. The summed E-state index contributed by atoms with van der Waals surface area (Å²) >= 11 is 6.64. The van der Waals surface area contributed by atoms with Crippen molar-refractivity contribution in [2.75, 3.05) is 0 Å². The first-order valence-electron chi connectivity index (χ1n) is 9.89. The van der Waals surface area contributed by atoms with Gasteiger partial charge in [0, 0.05) is 35.5 Å². The summed E-state index contributed by atoms with van der Waals surface area (Å²) < 4.78 is 1.72. The molecule has 0 fully saturated rings. The Kier molecular flexibility index (Phi) is 4.74. The number of nitrogens with two attached hydrogens (primary N) is 1. The van der Waals surface area contributed by atoms with E-state index < -0.39 is 0 Å². The van der Waals surface area contributed by atoms with E-state index in [0.717, 1.165) is 27.6 Å². The largest absolute Gasteiger partial charge is 0.325 e. The lowest BCUT2D eigenvalue weighted by molar-refractivity contribution is 0.776. The number of nitriles is 1. The molecule has 2 aromatic heterocycles. The number of hydrogen-bond donors (Lipinski definition) is 2. The Labute approximate surface area is 187 Å². The quantitative estimate of drug-likeness (QED) is 0.438. The molecule has 0 radical (unpaired) electrons. The Morgan fingerprint density at radius 3 is 2.72 bits per heavy atom. The van der Waals surface area contributed by atoms with Gasteiger partial charge in [0.2, 0.25) is 0 Å². The molecule has 0 aliphatic carbocycles. The average molecular weight is 441 g/mol. The molecule has 0 unspecified atom stereocenters. The van der Waals surface area contributed by atoms with Crippen LogP contribution in [0.4, 0.5) is 0 Å². The lowest BCUT2D eigenvalue weighted by Crippen LogP contribution is -2.13. The van der Waals surface area contributed by atoms with Crippen LogP contribution in [0.3, 0.4) is 0 Å². The molecule has 156 valence electrons. The van der Waals surface area contributed by atoms with Crippen LogP contribution in [-0.2, 0) is 13.6 Å². The van der Waals surface area contributed by atoms with Gasteiger partial charge in [0.1, 0.15) is 6.07 Å². The first kappa shape index (κ1) is 19.9. The van der Waals surface area contributed by atoms with E-state index in [1.165, 1.54) is 0 Å². The molecule has 5 aromatic rings. The van der Waals surface area contributed by atoms with Gasteiger partial charge in [-0.1, -0.05) is 41.9 Å². The standard InChI is InChI=1S/C24H17ClN6O/c1-31-23(18-9-13-4-2-3-5-15(13)22(25)19(18)10-26)20(12-28-31)14-6-7-16-17(8-14)21(11-27)29-30-24(16)32/h2-9,12H,11,27H2,1H3,(H,30,32). The molecule has 0 saturated heterocycles. The average Bonchev–Trinajstić information content (AvgIpc) is 3.20. The summed E-state index contributed by atoms with van der Waals surface area (Å²) in [5.74, 6) is 0. The van der Waals surface area contributed by atoms with Crippen molar-refractivity contribution in [2.45, 2.75) is 6.54 Å². The molecule has 0 bridgehead atoms. The Balaban J connectivity index is 1.81. The second-order valence-corrected chi connectivity index (χ2v) is 7.82. The first-order valence-corrected chi connectivity index (χ1v) is 10.3. The Hall–Kier alpha value is -3.99. The van der Waals surface area contributed by atoms with E-state index in [2.05, 4.69) is 21.4 Å². The van der Waals surface area contributed by atoms with E-state index in [9.17, 15) is 10.1 Å². The van der Waals surface area contributed by atoms with Crippen LogP contribution in [0.2, 0.25) is 5.02 Å². The molecule has 0 spiro atoms. The monoisotopic (exact) mass is 440 g/mol. The number of rotatable bonds is 3. The van der Waals surface area contributed by atoms with Gasteiger partial charge in [-0.25, -0.2) is 5.10 Å². The highest BCUT2D eigenvalue weighted by Crippen LogP contribution is 2.40. The third-order valence-electron chi connectivity index (χ3n) is 5.66. The van der Waals surface area contributed by atoms with Gasteiger partial charge in [-0.2, -0.15) is 15.5 Å². The summed E-state index contributed by atoms with van der Waals surface area (Å²) in [5.41, 5.74) is 9.62. The smallest absolute Gasteiger partial charge is 0.272 e. The predicted molar refractivity (Wildman–Crippen MR) is 125 cm³/mol. The van der Waals surface area contributed by atoms with Crippen molar-refractivity contribution in [2.24, 2.45) is 12.8 Å². The second-order valence-electron chi connectivity index (χ2n) is 7.44. The molecule has 0 atom stereocenters. The summed E-state index contributed by atoms with van der Waals surface area (Å²) in [5, 5.41) is 24.3. The van der Waals surface area contributed by atoms with Crippen LogP contribution in [0.1, 0.15) is 11.3 Å². The lowest BCUT2D eigenvalue weighted by atomic mass is 9.94. The fourth-order valence-electron chi connectivity index (χ4n) is 4.11. The van der Waals surface area contributed by atoms with Gasteiger partial charge < -0.3 is 5.73 Å². The van der Waals surface area contributed by atoms with Crippen LogP contribution >= 0.6 is 11.6 Å². The van der Waals surface area contributed by atoms with Crippen molar-refractivity contribution >= 4 is 33.1 Å². The van der Waals surface area contributed by atoms with E-state index in [1.807, 2.05) is 49.5 Å². The number of benzene rings is 3. The molecule has 0 saturated carbocycles. The van der Waals surface area contributed by atoms with Gasteiger partial charge in [0.05, 0.1) is 33.6 Å². The molecule has 5 rings (SSSR count). The maximum atomic E-state index is 12.2. The van der Waals surface area contributed by atoms with Gasteiger partial charge in [-0.15, -0.1) is 0 Å². The molecule has 0 aliphatic rings. The van der Waals surface area contributed by atoms with Crippen molar-refractivity contribution in [1.29, 1.82) is 5.26 Å². The zero-order valence-corrected chi connectivity index (χ0v) is 17.8. The molecule has 3 N–H and O–H groups in total. The zero-order chi connectivity index (χ0) is 22.4. The van der Waals surface area contributed by atoms with E-state index in [1.54, 1.807) is 16.9 Å². The first-order chi connectivity index (χ1) is 15.5. The van der Waals surface area contributed by atoms with E-state index >= 15 is 0 Å². The van der Waals surface area contributed by atoms with Gasteiger partial charge in [0.15, 0.2) is 0 Å². The van der Waals surface area contributed by atoms with Gasteiger partial charge >= 0.3 is 0 Å². The molecule has 32 heavy (non-hydrogen) atoms. The minimum Gasteiger partial charge on any atom is -0.325 e. The van der Waals surface area contributed by atoms with Crippen LogP contribution < -0.4 is 11.3 Å². The third kappa shape index (κ3) is 2.97. The highest BCUT2D eigenvalue weighted by molar-refractivity contribution is 6.37. The highest BCUT2D eigenvalue weighted by atomic mass is 35.5. The van der Waals surface area contributed by atoms with E-state index in [-0.39, 0.29) is 12.1 Å². The molecular formula is C24H17ClN6O. The Bertz CT molecular complexity index is 1630. The van der Waals surface area contributed by atoms with Crippen LogP contribution in [0.5, 0.6) is 0 Å². The number of fused-ring (bicyclic) bond motifs is 2. The molecule has 0 aliphatic heterocycles. The van der Waals surface area contributed by atoms with E-state index in [0.29, 0.717) is 32.6 Å². The van der Waals surface area contributed by atoms with Crippen molar-refractivity contribution in [3.8, 4) is 28.5 Å². The number of aromatic nitrogens is 4. The number of nitrogens with one attached hydrogen (secondary N) is 1. The van der Waals surface area contributed by atoms with Crippen LogP contribution in [0, 0.1) is 11.3 Å². The molecule has 0 amide bonds. The Morgan fingerprint density at radius 2 is 1.94 bits per heavy atom. The number of halogens is 1. The number of aryl methyl sites for hydroxylation is 1. The minimum absolute atomic E-state index is 0.190. The number of H-pyrrole nitrogens is 1. The van der Waals surface area contributed by atoms with Crippen molar-refractivity contribution in [3.05, 3.63) is 81.4 Å². The summed E-state index contributed by atoms with van der Waals surface area (Å²) in [6.45, 7) is 0.190. The topological polar surface area (TPSA) is 113 Å². The van der Waals surface area contributed by atoms with Crippen molar-refractivity contribution in [3.63, 3.8) is 0 Å². The third-order valence-corrected chi connectivity index (χ3v) is 6.06. The number of nitrogens with zero attached hydrogens (tertiary/aromatic N) is 4. The fraction of sp³-hybridized carbons (Fsp3) is 0.0833. The van der Waals surface area contributed by atoms with Crippen LogP contribution in [-0.4, -0.2) is 20.0 Å². The van der Waals surface area contributed by atoms with Gasteiger partial charge in [-0.05, 0) is 29.1 Å². The van der Waals surface area contributed by atoms with Crippen molar-refractivity contribution < 1.29 is 0 Å². The molecular weight excluding hydrogens is 424 g/mol. The fourth-order valence-corrected chi connectivity index (χ4v) is 4.43. The number of aromatic amines is 1. The lowest BCUT2D eigenvalue weighted by Gasteiger charge is -2.13. The highest BCUT2D eigenvalue weighted by Gasteiger charge is 2.20. The van der Waals surface area contributed by atoms with Gasteiger partial charge in [0.25, 0.3) is 5.56 Å². The summed E-state index contributed by atoms with van der Waals surface area (Å²) in [6.07, 6.45) is 1.74. The summed E-state index contributed by atoms with van der Waals surface area (Å²) in [7, 11) is 1.82. The van der Waals surface area contributed by atoms with Crippen molar-refractivity contribution in [1.82, 2.24) is 20.0 Å². The molecule has 2 heterocycles. The Morgan fingerprint density at radius 1 is 1.12 bits per heavy atom. The molecule has 8 heteroatoms. The molecule has 3 aromatic carbocycles. The van der Waals surface area contributed by atoms with Crippen LogP contribution in [0.25, 0.3) is 43.9 Å². The SMILES string of the molecule is Cn1ncc(-c2ccc3c(=O)[nH]nc(CN)c3c2)c1-c1cc2ccccc2c(Cl)c1C#N. The maximum absolute atomic E-state index is 12.2. The van der Waals surface area contributed by atoms with E-state index in [4.69, 9.17) is 17.3 Å². The second kappa shape index (κ2) is 7.61. The molecule has 7 nitrogen and oxygen atoms in total. The maximum Gasteiger partial charge on any atom is 0.272 e. The predicted octanol–water partition coefficient (Wildman–Crippen LogP) is 4.13. The summed E-state index contributed by atoms with van der Waals surface area (Å²) in [4.78, 5) is 12.2. The number of hydrogen-bond acceptors (Lipinski definition) is 5. The van der Waals surface area contributed by atoms with Gasteiger partial charge in [-0.3, -0.25) is 9.48 Å². The van der Waals surface area contributed by atoms with Crippen LogP contribution in [0.15, 0.2) is 59.5 Å². The summed E-state index contributed by atoms with van der Waals surface area (Å²) in [6, 6.07) is 17.4.